The van der Waals surface area contributed by atoms with E-state index < -0.39 is 6.04 Å². The molecule has 1 fully saturated rings. The van der Waals surface area contributed by atoms with Gasteiger partial charge in [0.2, 0.25) is 0 Å². The molecule has 0 spiro atoms. The monoisotopic (exact) mass is 462 g/mol. The smallest absolute Gasteiger partial charge is 0.253 e. The second-order valence-corrected chi connectivity index (χ2v) is 8.68. The van der Waals surface area contributed by atoms with Crippen LogP contribution in [0.1, 0.15) is 48.7 Å². The molecule has 2 aromatic heterocycles. The molecule has 0 saturated carbocycles. The zero-order valence-electron chi connectivity index (χ0n) is 19.1. The summed E-state index contributed by atoms with van der Waals surface area (Å²) in [6.45, 7) is 2.10. The summed E-state index contributed by atoms with van der Waals surface area (Å²) < 4.78 is 20.4. The molecule has 176 valence electrons. The summed E-state index contributed by atoms with van der Waals surface area (Å²) in [6, 6.07) is 13.5. The van der Waals surface area contributed by atoms with Crippen LogP contribution in [0.3, 0.4) is 0 Å². The number of aromatic amines is 1. The van der Waals surface area contributed by atoms with E-state index in [1.165, 1.54) is 12.1 Å². The molecule has 1 saturated heterocycles. The van der Waals surface area contributed by atoms with Gasteiger partial charge in [-0.15, -0.1) is 5.10 Å². The number of methoxy groups -OCH3 is 1. The first-order valence-corrected chi connectivity index (χ1v) is 11.6. The maximum Gasteiger partial charge on any atom is 0.253 e. The van der Waals surface area contributed by atoms with Crippen LogP contribution in [-0.2, 0) is 6.54 Å². The van der Waals surface area contributed by atoms with Gasteiger partial charge < -0.3 is 9.72 Å². The number of fused-ring (bicyclic) bond motifs is 1. The lowest BCUT2D eigenvalue weighted by molar-refractivity contribution is 0.220. The number of ether oxygens (including phenoxy) is 1. The summed E-state index contributed by atoms with van der Waals surface area (Å²) in [4.78, 5) is 18.7. The highest BCUT2D eigenvalue weighted by atomic mass is 19.1. The molecule has 8 nitrogen and oxygen atoms in total. The number of rotatable bonds is 6. The summed E-state index contributed by atoms with van der Waals surface area (Å²) >= 11 is 0. The van der Waals surface area contributed by atoms with E-state index in [1.807, 2.05) is 24.3 Å². The van der Waals surface area contributed by atoms with Crippen LogP contribution in [0.4, 0.5) is 4.39 Å². The normalized spacial score (nSPS) is 15.8. The van der Waals surface area contributed by atoms with E-state index in [-0.39, 0.29) is 11.4 Å². The average Bonchev–Trinajstić information content (AvgIpc) is 3.12. The van der Waals surface area contributed by atoms with Crippen molar-refractivity contribution in [1.29, 1.82) is 0 Å². The van der Waals surface area contributed by atoms with Crippen LogP contribution in [0.25, 0.3) is 10.9 Å². The molecule has 0 aliphatic carbocycles. The van der Waals surface area contributed by atoms with E-state index in [4.69, 9.17) is 4.74 Å². The topological polar surface area (TPSA) is 88.9 Å². The molecule has 4 aromatic rings. The van der Waals surface area contributed by atoms with Crippen molar-refractivity contribution in [3.05, 3.63) is 81.7 Å². The summed E-state index contributed by atoms with van der Waals surface area (Å²) in [7, 11) is 1.60. The molecule has 1 atom stereocenters. The number of nitrogens with zero attached hydrogens (tertiary/aromatic N) is 5. The molecule has 0 radical (unpaired) electrons. The first-order valence-electron chi connectivity index (χ1n) is 11.6. The van der Waals surface area contributed by atoms with Crippen molar-refractivity contribution in [2.24, 2.45) is 0 Å². The fourth-order valence-electron chi connectivity index (χ4n) is 4.66. The van der Waals surface area contributed by atoms with Crippen LogP contribution < -0.4 is 10.3 Å². The molecule has 34 heavy (non-hydrogen) atoms. The van der Waals surface area contributed by atoms with Gasteiger partial charge in [0.15, 0.2) is 5.82 Å². The minimum absolute atomic E-state index is 0.175. The van der Waals surface area contributed by atoms with Gasteiger partial charge in [-0.2, -0.15) is 0 Å². The van der Waals surface area contributed by atoms with E-state index in [1.54, 1.807) is 23.9 Å². The minimum Gasteiger partial charge on any atom is -0.497 e. The highest BCUT2D eigenvalue weighted by Gasteiger charge is 2.31. The van der Waals surface area contributed by atoms with Gasteiger partial charge in [0.25, 0.3) is 5.56 Å². The second-order valence-electron chi connectivity index (χ2n) is 8.68. The Balaban J connectivity index is 1.60. The molecule has 0 amide bonds. The molecule has 9 heteroatoms. The average molecular weight is 463 g/mol. The van der Waals surface area contributed by atoms with E-state index >= 15 is 0 Å². The van der Waals surface area contributed by atoms with Gasteiger partial charge in [-0.05, 0) is 77.6 Å². The maximum atomic E-state index is 13.4. The molecule has 0 unspecified atom stereocenters. The van der Waals surface area contributed by atoms with Crippen molar-refractivity contribution in [1.82, 2.24) is 30.1 Å². The molecule has 2 aromatic carbocycles. The summed E-state index contributed by atoms with van der Waals surface area (Å²) in [5, 5.41) is 13.5. The van der Waals surface area contributed by atoms with Gasteiger partial charge in [0.05, 0.1) is 19.2 Å². The third-order valence-corrected chi connectivity index (χ3v) is 6.43. The standard InChI is InChI=1S/C25H27FN6O2/c1-34-20-11-8-18-14-21(25(33)27-22(18)15-20)23(31-12-4-2-3-5-13-31)24-28-29-30-32(24)16-17-6-9-19(26)10-7-17/h6-11,14-15,23H,2-5,12-13,16H2,1H3,(H,27,33)/t23-/m1/s1. The van der Waals surface area contributed by atoms with Crippen molar-refractivity contribution in [3.63, 3.8) is 0 Å². The van der Waals surface area contributed by atoms with Crippen molar-refractivity contribution in [2.75, 3.05) is 20.2 Å². The number of benzene rings is 2. The number of hydrogen-bond donors (Lipinski definition) is 1. The number of halogens is 1. The Kier molecular flexibility index (Phi) is 6.35. The summed E-state index contributed by atoms with van der Waals surface area (Å²) in [5.74, 6) is 0.996. The molecule has 1 aliphatic heterocycles. The molecule has 0 bridgehead atoms. The lowest BCUT2D eigenvalue weighted by atomic mass is 10.0. The van der Waals surface area contributed by atoms with Gasteiger partial charge in [-0.3, -0.25) is 9.69 Å². The lowest BCUT2D eigenvalue weighted by Crippen LogP contribution is -2.36. The molecule has 5 rings (SSSR count). The third kappa shape index (κ3) is 4.56. The summed E-state index contributed by atoms with van der Waals surface area (Å²) in [5.41, 5.74) is 2.03. The van der Waals surface area contributed by atoms with Crippen LogP contribution in [-0.4, -0.2) is 50.3 Å². The van der Waals surface area contributed by atoms with Gasteiger partial charge >= 0.3 is 0 Å². The Bertz CT molecular complexity index is 1330. The highest BCUT2D eigenvalue weighted by molar-refractivity contribution is 5.80. The van der Waals surface area contributed by atoms with Gasteiger partial charge in [-0.25, -0.2) is 9.07 Å². The second kappa shape index (κ2) is 9.72. The van der Waals surface area contributed by atoms with Crippen molar-refractivity contribution >= 4 is 10.9 Å². The largest absolute Gasteiger partial charge is 0.497 e. The Morgan fingerprint density at radius 1 is 1.06 bits per heavy atom. The first-order chi connectivity index (χ1) is 16.6. The van der Waals surface area contributed by atoms with E-state index in [9.17, 15) is 9.18 Å². The van der Waals surface area contributed by atoms with E-state index in [0.717, 1.165) is 49.7 Å². The number of pyridine rings is 1. The molecule has 3 heterocycles. The number of nitrogens with one attached hydrogen (secondary N) is 1. The number of likely N-dealkylation sites (tertiary alicyclic amines) is 1. The Hall–Kier alpha value is -3.59. The Morgan fingerprint density at radius 3 is 2.56 bits per heavy atom. The molecule has 1 aliphatic rings. The van der Waals surface area contributed by atoms with E-state index in [0.29, 0.717) is 29.2 Å². The highest BCUT2D eigenvalue weighted by Crippen LogP contribution is 2.30. The van der Waals surface area contributed by atoms with Crippen LogP contribution >= 0.6 is 0 Å². The Morgan fingerprint density at radius 2 is 1.82 bits per heavy atom. The fraction of sp³-hybridized carbons (Fsp3) is 0.360. The van der Waals surface area contributed by atoms with E-state index in [2.05, 4.69) is 25.4 Å². The molecular formula is C25H27FN6O2. The molecule has 1 N–H and O–H groups in total. The van der Waals surface area contributed by atoms with Crippen molar-refractivity contribution < 1.29 is 9.13 Å². The predicted octanol–water partition coefficient (Wildman–Crippen LogP) is 3.68. The first kappa shape index (κ1) is 22.2. The number of tetrazole rings is 1. The fourth-order valence-corrected chi connectivity index (χ4v) is 4.66. The van der Waals surface area contributed by atoms with Crippen molar-refractivity contribution in [3.8, 4) is 5.75 Å². The van der Waals surface area contributed by atoms with Gasteiger partial charge in [-0.1, -0.05) is 25.0 Å². The summed E-state index contributed by atoms with van der Waals surface area (Å²) in [6.07, 6.45) is 4.44. The number of hydrogen-bond acceptors (Lipinski definition) is 6. The zero-order chi connectivity index (χ0) is 23.5. The molecular weight excluding hydrogens is 435 g/mol. The van der Waals surface area contributed by atoms with Crippen LogP contribution in [0.15, 0.2) is 53.3 Å². The third-order valence-electron chi connectivity index (χ3n) is 6.43. The van der Waals surface area contributed by atoms with Crippen LogP contribution in [0.5, 0.6) is 5.75 Å². The van der Waals surface area contributed by atoms with Crippen molar-refractivity contribution in [2.45, 2.75) is 38.3 Å². The van der Waals surface area contributed by atoms with Crippen LogP contribution in [0.2, 0.25) is 0 Å². The maximum absolute atomic E-state index is 13.4. The minimum atomic E-state index is -0.399. The SMILES string of the molecule is COc1ccc2cc([C@H](c3nnnn3Cc3ccc(F)cc3)N3CCCCCC3)c(=O)[nH]c2c1. The zero-order valence-corrected chi connectivity index (χ0v) is 19.1. The van der Waals surface area contributed by atoms with Gasteiger partial charge in [0.1, 0.15) is 17.6 Å². The number of aromatic nitrogens is 5. The predicted molar refractivity (Wildman–Crippen MR) is 126 cm³/mol. The lowest BCUT2D eigenvalue weighted by Gasteiger charge is -2.29. The quantitative estimate of drug-likeness (QED) is 0.470. The van der Waals surface area contributed by atoms with Crippen LogP contribution in [0, 0.1) is 5.82 Å². The Labute approximate surface area is 196 Å². The van der Waals surface area contributed by atoms with Gasteiger partial charge in [0, 0.05) is 11.6 Å². The number of H-pyrrole nitrogens is 1.